The molecule has 0 radical (unpaired) electrons. The number of benzene rings is 1. The van der Waals surface area contributed by atoms with E-state index in [0.29, 0.717) is 0 Å². The molecular weight excluding hydrogens is 403 g/mol. The number of rotatable bonds is 6. The van der Waals surface area contributed by atoms with E-state index in [9.17, 15) is 18.0 Å². The largest absolute Gasteiger partial charge is 0.460 e. The van der Waals surface area contributed by atoms with Gasteiger partial charge in [0.2, 0.25) is 0 Å². The zero-order valence-corrected chi connectivity index (χ0v) is 15.9. The molecule has 3 rings (SSSR count). The molecule has 2 heterocycles. The second-order valence-electron chi connectivity index (χ2n) is 6.27. The van der Waals surface area contributed by atoms with E-state index in [1.165, 1.54) is 42.0 Å². The van der Waals surface area contributed by atoms with Crippen LogP contribution in [0.25, 0.3) is 17.6 Å². The molecule has 0 atom stereocenters. The van der Waals surface area contributed by atoms with Gasteiger partial charge in [0.15, 0.2) is 11.6 Å². The van der Waals surface area contributed by atoms with Gasteiger partial charge >= 0.3 is 12.1 Å². The molecule has 0 fully saturated rings. The lowest BCUT2D eigenvalue weighted by Crippen LogP contribution is -2.08. The average Bonchev–Trinajstić information content (AvgIpc) is 3.15. The number of esters is 1. The van der Waals surface area contributed by atoms with E-state index < -0.39 is 17.7 Å². The fourth-order valence-corrected chi connectivity index (χ4v) is 2.31. The lowest BCUT2D eigenvalue weighted by Gasteiger charge is -2.11. The first-order chi connectivity index (χ1) is 14.2. The van der Waals surface area contributed by atoms with E-state index in [1.54, 1.807) is 13.8 Å². The highest BCUT2D eigenvalue weighted by Gasteiger charge is 2.32. The molecule has 0 N–H and O–H groups in total. The van der Waals surface area contributed by atoms with Crippen molar-refractivity contribution in [2.45, 2.75) is 26.1 Å². The van der Waals surface area contributed by atoms with E-state index >= 15 is 0 Å². The first kappa shape index (κ1) is 21.0. The van der Waals surface area contributed by atoms with Crippen molar-refractivity contribution in [1.82, 2.24) is 24.7 Å². The van der Waals surface area contributed by atoms with Gasteiger partial charge in [0, 0.05) is 17.8 Å². The number of alkyl halides is 3. The van der Waals surface area contributed by atoms with E-state index in [-0.39, 0.29) is 29.0 Å². The van der Waals surface area contributed by atoms with Crippen molar-refractivity contribution >= 4 is 12.2 Å². The van der Waals surface area contributed by atoms with Gasteiger partial charge in [-0.05, 0) is 32.0 Å². The molecule has 156 valence electrons. The normalized spacial score (nSPS) is 11.8. The van der Waals surface area contributed by atoms with Crippen molar-refractivity contribution in [2.75, 3.05) is 0 Å². The predicted octanol–water partition coefficient (Wildman–Crippen LogP) is 3.97. The summed E-state index contributed by atoms with van der Waals surface area (Å²) in [4.78, 5) is 23.1. The summed E-state index contributed by atoms with van der Waals surface area (Å²) >= 11 is 0. The third-order valence-electron chi connectivity index (χ3n) is 3.49. The van der Waals surface area contributed by atoms with E-state index in [2.05, 4.69) is 20.1 Å². The highest BCUT2D eigenvalue weighted by Crippen LogP contribution is 2.36. The Morgan fingerprint density at radius 2 is 1.87 bits per heavy atom. The Labute approximate surface area is 169 Å². The van der Waals surface area contributed by atoms with Crippen LogP contribution >= 0.6 is 0 Å². The van der Waals surface area contributed by atoms with Crippen LogP contribution in [0.3, 0.4) is 0 Å². The van der Waals surface area contributed by atoms with Gasteiger partial charge in [-0.25, -0.2) is 24.4 Å². The van der Waals surface area contributed by atoms with Crippen LogP contribution in [-0.4, -0.2) is 36.8 Å². The van der Waals surface area contributed by atoms with Crippen LogP contribution in [0.5, 0.6) is 11.5 Å². The molecule has 0 aliphatic rings. The first-order valence-electron chi connectivity index (χ1n) is 8.66. The van der Waals surface area contributed by atoms with Crippen LogP contribution < -0.4 is 4.74 Å². The van der Waals surface area contributed by atoms with Gasteiger partial charge in [-0.2, -0.15) is 13.2 Å². The summed E-state index contributed by atoms with van der Waals surface area (Å²) in [5, 5.41) is 4.07. The fourth-order valence-electron chi connectivity index (χ4n) is 2.31. The molecule has 11 heteroatoms. The van der Waals surface area contributed by atoms with Crippen LogP contribution in [0, 0.1) is 0 Å². The third-order valence-corrected chi connectivity index (χ3v) is 3.49. The minimum Gasteiger partial charge on any atom is -0.460 e. The minimum atomic E-state index is -4.61. The molecule has 1 aromatic carbocycles. The third kappa shape index (κ3) is 5.63. The Hall–Kier alpha value is -3.76. The molecule has 0 spiro atoms. The van der Waals surface area contributed by atoms with Gasteiger partial charge in [0.05, 0.1) is 24.1 Å². The summed E-state index contributed by atoms with van der Waals surface area (Å²) in [5.74, 6) is -0.478. The van der Waals surface area contributed by atoms with Gasteiger partial charge in [0.25, 0.3) is 0 Å². The molecule has 8 nitrogen and oxygen atoms in total. The molecule has 2 aromatic heterocycles. The standard InChI is InChI=1S/C19H16F3N5O3/c1-12(2)29-17(28)3-4-27-11-25-18(26-27)13-5-14(19(20,21)22)7-15(6-13)30-16-8-23-10-24-9-16/h3-12H,1-2H3/b4-3-. The highest BCUT2D eigenvalue weighted by atomic mass is 19.4. The molecule has 0 saturated heterocycles. The zero-order chi connectivity index (χ0) is 21.7. The molecule has 3 aromatic rings. The van der Waals surface area contributed by atoms with Crippen molar-refractivity contribution in [3.8, 4) is 22.9 Å². The van der Waals surface area contributed by atoms with Crippen LogP contribution in [-0.2, 0) is 15.7 Å². The summed E-state index contributed by atoms with van der Waals surface area (Å²) in [6, 6.07) is 3.12. The summed E-state index contributed by atoms with van der Waals surface area (Å²) < 4.78 is 51.6. The van der Waals surface area contributed by atoms with Crippen LogP contribution in [0.4, 0.5) is 13.2 Å². The topological polar surface area (TPSA) is 92.0 Å². The molecular formula is C19H16F3N5O3. The highest BCUT2D eigenvalue weighted by molar-refractivity contribution is 5.85. The molecule has 0 bridgehead atoms. The lowest BCUT2D eigenvalue weighted by atomic mass is 10.1. The molecule has 30 heavy (non-hydrogen) atoms. The van der Waals surface area contributed by atoms with Crippen molar-refractivity contribution in [2.24, 2.45) is 0 Å². The van der Waals surface area contributed by atoms with Crippen molar-refractivity contribution in [3.63, 3.8) is 0 Å². The minimum absolute atomic E-state index is 0.0112. The Balaban J connectivity index is 1.89. The second-order valence-corrected chi connectivity index (χ2v) is 6.27. The number of aromatic nitrogens is 5. The fraction of sp³-hybridized carbons (Fsp3) is 0.211. The number of carbonyl (C=O) groups is 1. The van der Waals surface area contributed by atoms with Gasteiger partial charge in [-0.3, -0.25) is 0 Å². The predicted molar refractivity (Wildman–Crippen MR) is 99.1 cm³/mol. The quantitative estimate of drug-likeness (QED) is 0.441. The number of carbonyl (C=O) groups excluding carboxylic acids is 1. The van der Waals surface area contributed by atoms with Crippen LogP contribution in [0.15, 0.2) is 49.3 Å². The molecule has 0 aliphatic carbocycles. The number of halogens is 3. The van der Waals surface area contributed by atoms with E-state index in [1.807, 2.05) is 0 Å². The van der Waals surface area contributed by atoms with E-state index in [0.717, 1.165) is 18.2 Å². The molecule has 0 unspecified atom stereocenters. The summed E-state index contributed by atoms with van der Waals surface area (Å²) in [5.41, 5.74) is -0.854. The number of hydrogen-bond acceptors (Lipinski definition) is 7. The molecule has 0 aliphatic heterocycles. The van der Waals surface area contributed by atoms with Crippen molar-refractivity contribution in [1.29, 1.82) is 0 Å². The maximum Gasteiger partial charge on any atom is 0.416 e. The number of ether oxygens (including phenoxy) is 2. The average molecular weight is 419 g/mol. The van der Waals surface area contributed by atoms with Crippen molar-refractivity contribution in [3.05, 3.63) is 54.9 Å². The first-order valence-corrected chi connectivity index (χ1v) is 8.66. The summed E-state index contributed by atoms with van der Waals surface area (Å²) in [6.07, 6.45) is 2.69. The Morgan fingerprint density at radius 1 is 1.13 bits per heavy atom. The maximum atomic E-state index is 13.3. The lowest BCUT2D eigenvalue weighted by molar-refractivity contribution is -0.141. The number of hydrogen-bond donors (Lipinski definition) is 0. The Bertz CT molecular complexity index is 1050. The van der Waals surface area contributed by atoms with Crippen molar-refractivity contribution < 1.29 is 27.4 Å². The zero-order valence-electron chi connectivity index (χ0n) is 15.9. The monoisotopic (exact) mass is 419 g/mol. The smallest absolute Gasteiger partial charge is 0.416 e. The van der Waals surface area contributed by atoms with Gasteiger partial charge < -0.3 is 9.47 Å². The molecule has 0 saturated carbocycles. The Morgan fingerprint density at radius 3 is 2.53 bits per heavy atom. The van der Waals surface area contributed by atoms with Crippen LogP contribution in [0.2, 0.25) is 0 Å². The second kappa shape index (κ2) is 8.72. The van der Waals surface area contributed by atoms with E-state index in [4.69, 9.17) is 9.47 Å². The summed E-state index contributed by atoms with van der Waals surface area (Å²) in [7, 11) is 0. The Kier molecular flexibility index (Phi) is 6.09. The maximum absolute atomic E-state index is 13.3. The summed E-state index contributed by atoms with van der Waals surface area (Å²) in [6.45, 7) is 3.41. The molecule has 0 amide bonds. The van der Waals surface area contributed by atoms with Gasteiger partial charge in [-0.15, -0.1) is 5.10 Å². The SMILES string of the molecule is CC(C)OC(=O)/C=C\n1cnc(-c2cc(Oc3cncnc3)cc(C(F)(F)F)c2)n1. The van der Waals surface area contributed by atoms with Gasteiger partial charge in [0.1, 0.15) is 18.4 Å². The number of nitrogens with zero attached hydrogens (tertiary/aromatic N) is 5. The van der Waals surface area contributed by atoms with Gasteiger partial charge in [-0.1, -0.05) is 0 Å². The van der Waals surface area contributed by atoms with Crippen LogP contribution in [0.1, 0.15) is 19.4 Å².